The average Bonchev–Trinajstić information content (AvgIpc) is 3.15. The molecule has 5 rings (SSSR count). The predicted octanol–water partition coefficient (Wildman–Crippen LogP) is 4.04. The molecule has 0 spiro atoms. The van der Waals surface area contributed by atoms with Gasteiger partial charge in [-0.1, -0.05) is 66.7 Å². The van der Waals surface area contributed by atoms with Crippen LogP contribution in [0.25, 0.3) is 0 Å². The Bertz CT molecular complexity index is 1120. The van der Waals surface area contributed by atoms with Crippen molar-refractivity contribution in [3.63, 3.8) is 0 Å². The van der Waals surface area contributed by atoms with E-state index in [0.29, 0.717) is 25.1 Å². The van der Waals surface area contributed by atoms with E-state index >= 15 is 0 Å². The van der Waals surface area contributed by atoms with Gasteiger partial charge < -0.3 is 10.2 Å². The van der Waals surface area contributed by atoms with Crippen LogP contribution in [0.3, 0.4) is 0 Å². The summed E-state index contributed by atoms with van der Waals surface area (Å²) in [5.41, 5.74) is 3.89. The van der Waals surface area contributed by atoms with E-state index in [1.165, 1.54) is 0 Å². The van der Waals surface area contributed by atoms with Gasteiger partial charge in [0.2, 0.25) is 5.91 Å². The quantitative estimate of drug-likeness (QED) is 0.653. The fourth-order valence-corrected chi connectivity index (χ4v) is 5.11. The maximum absolute atomic E-state index is 13.4. The van der Waals surface area contributed by atoms with E-state index in [4.69, 9.17) is 0 Å². The number of benzene rings is 3. The van der Waals surface area contributed by atoms with Crippen molar-refractivity contribution in [2.45, 2.75) is 37.9 Å². The molecule has 3 aromatic carbocycles. The van der Waals surface area contributed by atoms with Crippen LogP contribution in [0.1, 0.15) is 34.3 Å². The van der Waals surface area contributed by atoms with Crippen LogP contribution in [-0.2, 0) is 17.8 Å². The highest BCUT2D eigenvalue weighted by Crippen LogP contribution is 2.35. The number of nitrogens with zero attached hydrogens (tertiary/aromatic N) is 2. The van der Waals surface area contributed by atoms with Crippen LogP contribution < -0.4 is 10.2 Å². The highest BCUT2D eigenvalue weighted by Gasteiger charge is 2.38. The van der Waals surface area contributed by atoms with Crippen LogP contribution in [0.2, 0.25) is 0 Å². The number of carbonyl (C=O) groups is 2. The molecule has 0 aromatic heterocycles. The standard InChI is InChI=1S/C28H29N3O2/c32-27(17-21-9-3-1-4-10-21)29-18-24-15-16-25-20-31(28(33)22-11-5-2-6-12-22)26-14-8-7-13-23(26)19-30(24)25/h1-14,24-25H,15-20H2,(H,29,32)/t24-,25+/m0/s1. The molecular formula is C28H29N3O2. The zero-order valence-electron chi connectivity index (χ0n) is 18.7. The molecule has 1 N–H and O–H groups in total. The number of anilines is 1. The molecule has 2 aliphatic rings. The summed E-state index contributed by atoms with van der Waals surface area (Å²) in [6.07, 6.45) is 2.44. The van der Waals surface area contributed by atoms with E-state index < -0.39 is 0 Å². The summed E-state index contributed by atoms with van der Waals surface area (Å²) in [6, 6.07) is 28.1. The molecule has 1 saturated heterocycles. The van der Waals surface area contributed by atoms with Crippen molar-refractivity contribution >= 4 is 17.5 Å². The van der Waals surface area contributed by atoms with Crippen LogP contribution in [-0.4, -0.2) is 41.9 Å². The summed E-state index contributed by atoms with van der Waals surface area (Å²) in [5, 5.41) is 3.15. The number of rotatable bonds is 5. The van der Waals surface area contributed by atoms with Crippen molar-refractivity contribution in [3.8, 4) is 0 Å². The molecule has 0 saturated carbocycles. The fraction of sp³-hybridized carbons (Fsp3) is 0.286. The first-order valence-corrected chi connectivity index (χ1v) is 11.7. The van der Waals surface area contributed by atoms with Crippen molar-refractivity contribution in [2.24, 2.45) is 0 Å². The van der Waals surface area contributed by atoms with Gasteiger partial charge >= 0.3 is 0 Å². The van der Waals surface area contributed by atoms with Crippen molar-refractivity contribution in [1.82, 2.24) is 10.2 Å². The molecule has 5 heteroatoms. The van der Waals surface area contributed by atoms with Crippen molar-refractivity contribution < 1.29 is 9.59 Å². The minimum absolute atomic E-state index is 0.0458. The predicted molar refractivity (Wildman–Crippen MR) is 130 cm³/mol. The summed E-state index contributed by atoms with van der Waals surface area (Å²) in [6.45, 7) is 2.09. The monoisotopic (exact) mass is 439 g/mol. The van der Waals surface area contributed by atoms with E-state index in [2.05, 4.69) is 22.3 Å². The molecule has 2 amide bonds. The fourth-order valence-electron chi connectivity index (χ4n) is 5.11. The lowest BCUT2D eigenvalue weighted by atomic mass is 10.1. The summed E-state index contributed by atoms with van der Waals surface area (Å²) < 4.78 is 0. The van der Waals surface area contributed by atoms with Gasteiger partial charge in [0.25, 0.3) is 5.91 Å². The highest BCUT2D eigenvalue weighted by atomic mass is 16.2. The van der Waals surface area contributed by atoms with Gasteiger partial charge in [0.1, 0.15) is 0 Å². The van der Waals surface area contributed by atoms with Crippen LogP contribution in [0.15, 0.2) is 84.9 Å². The first-order valence-electron chi connectivity index (χ1n) is 11.7. The van der Waals surface area contributed by atoms with Gasteiger partial charge in [0.05, 0.1) is 6.42 Å². The van der Waals surface area contributed by atoms with Crippen molar-refractivity contribution in [1.29, 1.82) is 0 Å². The lowest BCUT2D eigenvalue weighted by molar-refractivity contribution is -0.120. The molecule has 0 radical (unpaired) electrons. The number of para-hydroxylation sites is 1. The maximum atomic E-state index is 13.4. The smallest absolute Gasteiger partial charge is 0.258 e. The third-order valence-electron chi connectivity index (χ3n) is 6.81. The average molecular weight is 440 g/mol. The Hall–Kier alpha value is -3.44. The second kappa shape index (κ2) is 9.59. The van der Waals surface area contributed by atoms with E-state index in [-0.39, 0.29) is 23.9 Å². The normalized spacial score (nSPS) is 19.9. The number of hydrogen-bond acceptors (Lipinski definition) is 3. The van der Waals surface area contributed by atoms with Crippen LogP contribution in [0, 0.1) is 0 Å². The first kappa shape index (κ1) is 21.4. The van der Waals surface area contributed by atoms with Crippen LogP contribution in [0.4, 0.5) is 5.69 Å². The second-order valence-corrected chi connectivity index (χ2v) is 8.93. The second-order valence-electron chi connectivity index (χ2n) is 8.93. The molecule has 2 heterocycles. The van der Waals surface area contributed by atoms with E-state index in [0.717, 1.165) is 36.2 Å². The molecule has 0 unspecified atom stereocenters. The molecule has 5 nitrogen and oxygen atoms in total. The number of fused-ring (bicyclic) bond motifs is 2. The number of carbonyl (C=O) groups excluding carboxylic acids is 2. The number of nitrogens with one attached hydrogen (secondary N) is 1. The van der Waals surface area contributed by atoms with E-state index in [1.54, 1.807) is 0 Å². The van der Waals surface area contributed by atoms with E-state index in [1.807, 2.05) is 77.7 Å². The Morgan fingerprint density at radius 3 is 2.33 bits per heavy atom. The zero-order chi connectivity index (χ0) is 22.6. The molecule has 168 valence electrons. The number of hydrogen-bond donors (Lipinski definition) is 1. The first-order chi connectivity index (χ1) is 16.2. The van der Waals surface area contributed by atoms with Gasteiger partial charge in [0.15, 0.2) is 0 Å². The molecule has 2 atom stereocenters. The van der Waals surface area contributed by atoms with Gasteiger partial charge in [-0.05, 0) is 42.2 Å². The van der Waals surface area contributed by atoms with Crippen molar-refractivity contribution in [2.75, 3.05) is 18.0 Å². The summed E-state index contributed by atoms with van der Waals surface area (Å²) in [5.74, 6) is 0.102. The Labute approximate surface area is 195 Å². The summed E-state index contributed by atoms with van der Waals surface area (Å²) in [7, 11) is 0. The molecule has 0 bridgehead atoms. The van der Waals surface area contributed by atoms with Gasteiger partial charge in [-0.3, -0.25) is 14.5 Å². The third-order valence-corrected chi connectivity index (χ3v) is 6.81. The molecule has 0 aliphatic carbocycles. The minimum Gasteiger partial charge on any atom is -0.354 e. The van der Waals surface area contributed by atoms with Crippen molar-refractivity contribution in [3.05, 3.63) is 102 Å². The van der Waals surface area contributed by atoms with Gasteiger partial charge in [-0.15, -0.1) is 0 Å². The Balaban J connectivity index is 1.31. The molecule has 33 heavy (non-hydrogen) atoms. The van der Waals surface area contributed by atoms with Gasteiger partial charge in [0, 0.05) is 43.0 Å². The highest BCUT2D eigenvalue weighted by molar-refractivity contribution is 6.06. The summed E-state index contributed by atoms with van der Waals surface area (Å²) >= 11 is 0. The Morgan fingerprint density at radius 1 is 0.848 bits per heavy atom. The largest absolute Gasteiger partial charge is 0.354 e. The molecule has 1 fully saturated rings. The molecule has 2 aliphatic heterocycles. The Kier molecular flexibility index (Phi) is 6.22. The van der Waals surface area contributed by atoms with Gasteiger partial charge in [-0.2, -0.15) is 0 Å². The van der Waals surface area contributed by atoms with Gasteiger partial charge in [-0.25, -0.2) is 0 Å². The topological polar surface area (TPSA) is 52.7 Å². The van der Waals surface area contributed by atoms with E-state index in [9.17, 15) is 9.59 Å². The lowest BCUT2D eigenvalue weighted by Crippen LogP contribution is -2.46. The molecule has 3 aromatic rings. The summed E-state index contributed by atoms with van der Waals surface area (Å²) in [4.78, 5) is 30.4. The van der Waals surface area contributed by atoms with Crippen LogP contribution in [0.5, 0.6) is 0 Å². The SMILES string of the molecule is O=C(Cc1ccccc1)NC[C@@H]1CC[C@@H]2CN(C(=O)c3ccccc3)c3ccccc3CN21. The van der Waals surface area contributed by atoms with Crippen LogP contribution >= 0.6 is 0 Å². The number of amides is 2. The lowest BCUT2D eigenvalue weighted by Gasteiger charge is -2.29. The Morgan fingerprint density at radius 2 is 1.55 bits per heavy atom. The molecular weight excluding hydrogens is 410 g/mol. The maximum Gasteiger partial charge on any atom is 0.258 e. The third kappa shape index (κ3) is 4.69. The zero-order valence-corrected chi connectivity index (χ0v) is 18.7. The minimum atomic E-state index is 0.0458.